The molecule has 0 saturated carbocycles. The molecule has 1 aliphatic rings. The molecule has 1 N–H and O–H groups in total. The number of ether oxygens (including phenoxy) is 1. The molecule has 0 radical (unpaired) electrons. The predicted molar refractivity (Wildman–Crippen MR) is 152 cm³/mol. The molecule has 0 aliphatic heterocycles. The molecule has 1 unspecified atom stereocenters. The number of hydrogen-bond donors (Lipinski definition) is 1. The van der Waals surface area contributed by atoms with Crippen LogP contribution in [0.2, 0.25) is 0 Å². The molecule has 6 heteroatoms. The van der Waals surface area contributed by atoms with Crippen molar-refractivity contribution in [2.75, 3.05) is 38.7 Å². The van der Waals surface area contributed by atoms with Gasteiger partial charge in [-0.05, 0) is 95.3 Å². The zero-order valence-electron chi connectivity index (χ0n) is 22.4. The zero-order chi connectivity index (χ0) is 25.8. The van der Waals surface area contributed by atoms with Crippen molar-refractivity contribution in [3.63, 3.8) is 0 Å². The fourth-order valence-electron chi connectivity index (χ4n) is 4.21. The van der Waals surface area contributed by atoms with Gasteiger partial charge in [0.1, 0.15) is 0 Å². The molecule has 35 heavy (non-hydrogen) atoms. The Labute approximate surface area is 221 Å². The molecule has 2 rings (SSSR count). The second-order valence-electron chi connectivity index (χ2n) is 9.65. The monoisotopic (exact) mass is 545 g/mol. The summed E-state index contributed by atoms with van der Waals surface area (Å²) in [5.41, 5.74) is 4.90. The lowest BCUT2D eigenvalue weighted by molar-refractivity contribution is 0.177. The Morgan fingerprint density at radius 1 is 1.17 bits per heavy atom. The summed E-state index contributed by atoms with van der Waals surface area (Å²) < 4.78 is 6.22. The highest BCUT2D eigenvalue weighted by molar-refractivity contribution is 9.11. The summed E-state index contributed by atoms with van der Waals surface area (Å²) in [7, 11) is 3.63. The first-order valence-corrected chi connectivity index (χ1v) is 13.7. The Hall–Kier alpha value is -2.05. The number of benzene rings is 1. The highest BCUT2D eigenvalue weighted by Crippen LogP contribution is 2.27. The Morgan fingerprint density at radius 3 is 2.51 bits per heavy atom. The molecule has 0 heterocycles. The van der Waals surface area contributed by atoms with E-state index in [1.807, 2.05) is 24.3 Å². The summed E-state index contributed by atoms with van der Waals surface area (Å²) >= 11 is 3.63. The Kier molecular flexibility index (Phi) is 12.6. The van der Waals surface area contributed by atoms with E-state index in [4.69, 9.17) is 4.74 Å². The van der Waals surface area contributed by atoms with E-state index in [0.717, 1.165) is 55.4 Å². The molecule has 1 amide bonds. The quantitative estimate of drug-likeness (QED) is 0.266. The molecule has 0 bridgehead atoms. The number of likely N-dealkylation sites (N-methyl/N-ethyl adjacent to an activating group) is 1. The van der Waals surface area contributed by atoms with E-state index in [1.165, 1.54) is 23.9 Å². The van der Waals surface area contributed by atoms with Crippen LogP contribution in [0.5, 0.6) is 0 Å². The van der Waals surface area contributed by atoms with Crippen molar-refractivity contribution in [1.29, 1.82) is 0 Å². The molecule has 0 spiro atoms. The van der Waals surface area contributed by atoms with Gasteiger partial charge in [-0.2, -0.15) is 0 Å². The van der Waals surface area contributed by atoms with E-state index in [9.17, 15) is 4.79 Å². The van der Waals surface area contributed by atoms with Crippen LogP contribution in [0, 0.1) is 12.8 Å². The van der Waals surface area contributed by atoms with E-state index in [0.29, 0.717) is 18.5 Å². The van der Waals surface area contributed by atoms with Gasteiger partial charge in [0.05, 0.1) is 7.11 Å². The molecule has 1 aliphatic carbocycles. The van der Waals surface area contributed by atoms with Crippen molar-refractivity contribution >= 4 is 27.7 Å². The number of aryl methyl sites for hydroxylation is 1. The van der Waals surface area contributed by atoms with Gasteiger partial charge < -0.3 is 15.0 Å². The molecule has 5 nitrogen and oxygen atoms in total. The van der Waals surface area contributed by atoms with Crippen LogP contribution in [0.1, 0.15) is 58.4 Å². The lowest BCUT2D eigenvalue weighted by atomic mass is 10.0. The predicted octanol–water partition coefficient (Wildman–Crippen LogP) is 7.19. The van der Waals surface area contributed by atoms with Crippen molar-refractivity contribution in [3.05, 3.63) is 63.8 Å². The maximum absolute atomic E-state index is 12.4. The van der Waals surface area contributed by atoms with Gasteiger partial charge in [0.2, 0.25) is 0 Å². The number of nitrogens with zero attached hydrogens (tertiary/aromatic N) is 2. The molecule has 194 valence electrons. The number of nitrogens with one attached hydrogen (secondary N) is 1. The maximum atomic E-state index is 12.4. The highest BCUT2D eigenvalue weighted by atomic mass is 79.9. The van der Waals surface area contributed by atoms with Crippen molar-refractivity contribution in [2.45, 2.75) is 65.8 Å². The number of amides is 1. The third-order valence-corrected chi connectivity index (χ3v) is 7.37. The largest absolute Gasteiger partial charge is 0.452 e. The number of allylic oxidation sites excluding steroid dienone is 5. The number of halogens is 1. The average molecular weight is 547 g/mol. The van der Waals surface area contributed by atoms with Crippen molar-refractivity contribution < 1.29 is 9.53 Å². The van der Waals surface area contributed by atoms with Gasteiger partial charge in [-0.3, -0.25) is 4.90 Å². The van der Waals surface area contributed by atoms with E-state index in [2.05, 4.69) is 79.1 Å². The lowest BCUT2D eigenvalue weighted by Gasteiger charge is -2.27. The Bertz CT molecular complexity index is 890. The van der Waals surface area contributed by atoms with Crippen LogP contribution < -0.4 is 10.2 Å². The van der Waals surface area contributed by atoms with Gasteiger partial charge in [-0.25, -0.2) is 4.79 Å². The Balaban J connectivity index is 1.85. The third kappa shape index (κ3) is 9.49. The summed E-state index contributed by atoms with van der Waals surface area (Å²) in [4.78, 5) is 16.6. The van der Waals surface area contributed by atoms with Gasteiger partial charge in [-0.1, -0.05) is 53.0 Å². The third-order valence-electron chi connectivity index (χ3n) is 6.78. The number of anilines is 1. The highest BCUT2D eigenvalue weighted by Gasteiger charge is 2.20. The summed E-state index contributed by atoms with van der Waals surface area (Å²) in [6.07, 6.45) is 11.6. The standard InChI is InChI=1S/C29H44BrN3O2/c1-7-24(21-33(29(34)35-6)27-15-10-23(4)11-16-27)18-20-31-19-8-9-25-12-13-26(30)14-17-28(25)32(5)22(2)3/h10-11,13-17,22,24,31H,7-9,12,18-21H2,1-6H3. The van der Waals surface area contributed by atoms with Crippen LogP contribution in [0.25, 0.3) is 0 Å². The van der Waals surface area contributed by atoms with Crippen LogP contribution in [0.4, 0.5) is 10.5 Å². The number of carbonyl (C=O) groups excluding carboxylic acids is 1. The maximum Gasteiger partial charge on any atom is 0.414 e. The molecular formula is C29H44BrN3O2. The van der Waals surface area contributed by atoms with Gasteiger partial charge in [-0.15, -0.1) is 0 Å². The zero-order valence-corrected chi connectivity index (χ0v) is 24.0. The minimum atomic E-state index is -0.297. The molecule has 1 aromatic rings. The second kappa shape index (κ2) is 15.1. The van der Waals surface area contributed by atoms with E-state index >= 15 is 0 Å². The van der Waals surface area contributed by atoms with Crippen molar-refractivity contribution in [2.24, 2.45) is 5.92 Å². The molecule has 0 aromatic heterocycles. The smallest absolute Gasteiger partial charge is 0.414 e. The van der Waals surface area contributed by atoms with Gasteiger partial charge >= 0.3 is 6.09 Å². The molecule has 0 saturated heterocycles. The molecule has 1 aromatic carbocycles. The van der Waals surface area contributed by atoms with Crippen molar-refractivity contribution in [3.8, 4) is 0 Å². The van der Waals surface area contributed by atoms with E-state index < -0.39 is 0 Å². The number of rotatable bonds is 13. The SMILES string of the molecule is CCC(CCNCCCC1=C(N(C)C(C)C)C=CC(Br)=CC1)CN(C(=O)OC)c1ccc(C)cc1. The number of methoxy groups -OCH3 is 1. The molecule has 0 fully saturated rings. The molecule has 1 atom stereocenters. The minimum Gasteiger partial charge on any atom is -0.452 e. The fourth-order valence-corrected chi connectivity index (χ4v) is 4.50. The first kappa shape index (κ1) is 29.2. The molecular weight excluding hydrogens is 502 g/mol. The lowest BCUT2D eigenvalue weighted by Crippen LogP contribution is -2.36. The summed E-state index contributed by atoms with van der Waals surface area (Å²) in [5.74, 6) is 0.409. The fraction of sp³-hybridized carbons (Fsp3) is 0.552. The van der Waals surface area contributed by atoms with Crippen molar-refractivity contribution in [1.82, 2.24) is 10.2 Å². The summed E-state index contributed by atoms with van der Waals surface area (Å²) in [6, 6.07) is 8.52. The van der Waals surface area contributed by atoms with Crippen LogP contribution in [0.3, 0.4) is 0 Å². The van der Waals surface area contributed by atoms with E-state index in [-0.39, 0.29) is 6.09 Å². The second-order valence-corrected chi connectivity index (χ2v) is 10.6. The van der Waals surface area contributed by atoms with Crippen LogP contribution in [-0.4, -0.2) is 50.8 Å². The van der Waals surface area contributed by atoms with Gasteiger partial charge in [0.25, 0.3) is 0 Å². The van der Waals surface area contributed by atoms with Crippen LogP contribution >= 0.6 is 15.9 Å². The average Bonchev–Trinajstić information content (AvgIpc) is 3.04. The number of carbonyl (C=O) groups is 1. The van der Waals surface area contributed by atoms with Gasteiger partial charge in [0, 0.05) is 35.5 Å². The minimum absolute atomic E-state index is 0.297. The number of hydrogen-bond acceptors (Lipinski definition) is 4. The first-order chi connectivity index (χ1) is 16.8. The van der Waals surface area contributed by atoms with E-state index in [1.54, 1.807) is 4.90 Å². The van der Waals surface area contributed by atoms with Gasteiger partial charge in [0.15, 0.2) is 0 Å². The van der Waals surface area contributed by atoms with Crippen LogP contribution in [-0.2, 0) is 4.74 Å². The Morgan fingerprint density at radius 2 is 1.89 bits per heavy atom. The first-order valence-electron chi connectivity index (χ1n) is 12.9. The topological polar surface area (TPSA) is 44.8 Å². The summed E-state index contributed by atoms with van der Waals surface area (Å²) in [5, 5.41) is 3.63. The normalized spacial score (nSPS) is 14.6. The summed E-state index contributed by atoms with van der Waals surface area (Å²) in [6.45, 7) is 11.3. The van der Waals surface area contributed by atoms with Crippen LogP contribution in [0.15, 0.2) is 58.2 Å².